The Morgan fingerprint density at radius 3 is 2.67 bits per heavy atom. The van der Waals surface area contributed by atoms with Crippen molar-refractivity contribution in [3.63, 3.8) is 0 Å². The Hall–Kier alpha value is 0. The molecule has 0 aromatic rings. The Labute approximate surface area is 95.8 Å². The van der Waals surface area contributed by atoms with Crippen LogP contribution in [0.25, 0.3) is 0 Å². The molecule has 2 aliphatic rings. The molecule has 1 unspecified atom stereocenters. The Kier molecular flexibility index (Phi) is 3.42. The van der Waals surface area contributed by atoms with Crippen molar-refractivity contribution in [3.05, 3.63) is 5.92 Å². The summed E-state index contributed by atoms with van der Waals surface area (Å²) < 4.78 is 0. The van der Waals surface area contributed by atoms with Crippen molar-refractivity contribution >= 4 is 0 Å². The maximum absolute atomic E-state index is 2.58. The first kappa shape index (κ1) is 11.5. The average Bonchev–Trinajstić information content (AvgIpc) is 2.15. The molecule has 15 heavy (non-hydrogen) atoms. The van der Waals surface area contributed by atoms with E-state index in [9.17, 15) is 0 Å². The van der Waals surface area contributed by atoms with E-state index < -0.39 is 0 Å². The molecular formula is C15H27. The largest absolute Gasteiger partial charge is 0.0594 e. The molecular weight excluding hydrogens is 180 g/mol. The normalized spacial score (nSPS) is 41.6. The first-order valence-corrected chi connectivity index (χ1v) is 6.89. The zero-order chi connectivity index (χ0) is 10.9. The van der Waals surface area contributed by atoms with E-state index in [0.29, 0.717) is 0 Å². The van der Waals surface area contributed by atoms with E-state index in [1.807, 2.05) is 0 Å². The summed E-state index contributed by atoms with van der Waals surface area (Å²) in [6, 6.07) is 0. The van der Waals surface area contributed by atoms with E-state index in [-0.39, 0.29) is 0 Å². The van der Waals surface area contributed by atoms with Crippen LogP contribution in [0.2, 0.25) is 0 Å². The molecule has 2 fully saturated rings. The molecule has 0 nitrogen and oxygen atoms in total. The van der Waals surface area contributed by atoms with Crippen LogP contribution in [0.5, 0.6) is 0 Å². The van der Waals surface area contributed by atoms with Gasteiger partial charge in [0.15, 0.2) is 0 Å². The van der Waals surface area contributed by atoms with Gasteiger partial charge in [-0.25, -0.2) is 0 Å². The molecule has 87 valence electrons. The highest BCUT2D eigenvalue weighted by Gasteiger charge is 2.41. The minimum atomic E-state index is 0.719. The van der Waals surface area contributed by atoms with Crippen LogP contribution in [-0.4, -0.2) is 0 Å². The zero-order valence-corrected chi connectivity index (χ0v) is 10.8. The van der Waals surface area contributed by atoms with E-state index in [1.165, 1.54) is 51.4 Å². The Morgan fingerprint density at radius 1 is 1.13 bits per heavy atom. The highest BCUT2D eigenvalue weighted by molar-refractivity contribution is 4.94. The average molecular weight is 207 g/mol. The van der Waals surface area contributed by atoms with Crippen LogP contribution in [0.15, 0.2) is 0 Å². The molecule has 0 aromatic heterocycles. The molecule has 0 bridgehead atoms. The first-order chi connectivity index (χ1) is 7.10. The highest BCUT2D eigenvalue weighted by atomic mass is 14.5. The van der Waals surface area contributed by atoms with Gasteiger partial charge in [0, 0.05) is 0 Å². The van der Waals surface area contributed by atoms with Crippen molar-refractivity contribution in [3.8, 4) is 0 Å². The minimum Gasteiger partial charge on any atom is -0.0594 e. The molecule has 0 heterocycles. The van der Waals surface area contributed by atoms with Crippen LogP contribution < -0.4 is 0 Å². The summed E-state index contributed by atoms with van der Waals surface area (Å²) in [5, 5.41) is 0. The van der Waals surface area contributed by atoms with Gasteiger partial charge >= 0.3 is 0 Å². The Morgan fingerprint density at radius 2 is 1.93 bits per heavy atom. The van der Waals surface area contributed by atoms with Crippen molar-refractivity contribution in [1.29, 1.82) is 0 Å². The van der Waals surface area contributed by atoms with E-state index in [1.54, 1.807) is 5.92 Å². The topological polar surface area (TPSA) is 0 Å². The molecule has 2 rings (SSSR count). The third-order valence-electron chi connectivity index (χ3n) is 4.91. The van der Waals surface area contributed by atoms with E-state index in [2.05, 4.69) is 20.8 Å². The smallest absolute Gasteiger partial charge is 0.0295 e. The lowest BCUT2D eigenvalue weighted by atomic mass is 9.57. The number of hydrogen-bond donors (Lipinski definition) is 0. The summed E-state index contributed by atoms with van der Waals surface area (Å²) >= 11 is 0. The van der Waals surface area contributed by atoms with Crippen molar-refractivity contribution in [2.75, 3.05) is 0 Å². The molecule has 1 radical (unpaired) electrons. The summed E-state index contributed by atoms with van der Waals surface area (Å²) in [7, 11) is 0. The fourth-order valence-corrected chi connectivity index (χ4v) is 4.18. The van der Waals surface area contributed by atoms with Crippen molar-refractivity contribution in [1.82, 2.24) is 0 Å². The molecule has 2 saturated carbocycles. The minimum absolute atomic E-state index is 0.719. The standard InChI is InChI=1S/C15H27/c1-12(2)10-13-7-8-14-6-4-5-9-15(14,3)11-13/h13-14H,4-11H2,1-3H3/t13?,14-,15-/m1/s1. The summed E-state index contributed by atoms with van der Waals surface area (Å²) in [5.74, 6) is 3.71. The molecule has 0 heteroatoms. The van der Waals surface area contributed by atoms with Crippen molar-refractivity contribution in [2.45, 2.75) is 72.1 Å². The van der Waals surface area contributed by atoms with E-state index in [0.717, 1.165) is 17.3 Å². The quantitative estimate of drug-likeness (QED) is 0.598. The second kappa shape index (κ2) is 4.47. The molecule has 0 aromatic carbocycles. The summed E-state index contributed by atoms with van der Waals surface area (Å²) in [5.41, 5.74) is 0.719. The predicted octanol–water partition coefficient (Wildman–Crippen LogP) is 4.99. The third-order valence-corrected chi connectivity index (χ3v) is 4.91. The fourth-order valence-electron chi connectivity index (χ4n) is 4.18. The van der Waals surface area contributed by atoms with Gasteiger partial charge in [-0.15, -0.1) is 0 Å². The monoisotopic (exact) mass is 207 g/mol. The zero-order valence-electron chi connectivity index (χ0n) is 10.8. The van der Waals surface area contributed by atoms with Crippen LogP contribution >= 0.6 is 0 Å². The van der Waals surface area contributed by atoms with Crippen LogP contribution in [0, 0.1) is 23.2 Å². The van der Waals surface area contributed by atoms with E-state index in [4.69, 9.17) is 0 Å². The maximum atomic E-state index is 2.58. The number of hydrogen-bond acceptors (Lipinski definition) is 0. The van der Waals surface area contributed by atoms with Gasteiger partial charge in [0.05, 0.1) is 0 Å². The van der Waals surface area contributed by atoms with Crippen LogP contribution in [0.4, 0.5) is 0 Å². The summed E-state index contributed by atoms with van der Waals surface area (Å²) in [6.07, 6.45) is 12.0. The lowest BCUT2D eigenvalue weighted by Gasteiger charge is -2.48. The molecule has 0 amide bonds. The summed E-state index contributed by atoms with van der Waals surface area (Å²) in [6.45, 7) is 7.18. The lowest BCUT2D eigenvalue weighted by Crippen LogP contribution is -2.37. The second-order valence-corrected chi connectivity index (χ2v) is 6.66. The molecule has 0 spiro atoms. The van der Waals surface area contributed by atoms with E-state index >= 15 is 0 Å². The molecule has 2 aliphatic carbocycles. The van der Waals surface area contributed by atoms with Gasteiger partial charge in [0.2, 0.25) is 0 Å². The maximum Gasteiger partial charge on any atom is -0.0295 e. The summed E-state index contributed by atoms with van der Waals surface area (Å²) in [4.78, 5) is 0. The second-order valence-electron chi connectivity index (χ2n) is 6.66. The lowest BCUT2D eigenvalue weighted by molar-refractivity contribution is 0.0327. The number of rotatable bonds is 2. The Bertz CT molecular complexity index is 206. The number of fused-ring (bicyclic) bond motifs is 1. The van der Waals surface area contributed by atoms with Gasteiger partial charge in [-0.3, -0.25) is 0 Å². The van der Waals surface area contributed by atoms with Gasteiger partial charge in [-0.1, -0.05) is 40.0 Å². The molecule has 3 atom stereocenters. The SMILES string of the molecule is C[C](C)CC1CC[C@H]2CCCC[C@]2(C)C1. The molecule has 0 saturated heterocycles. The van der Waals surface area contributed by atoms with Crippen LogP contribution in [0.1, 0.15) is 72.1 Å². The predicted molar refractivity (Wildman–Crippen MR) is 66.6 cm³/mol. The van der Waals surface area contributed by atoms with Crippen LogP contribution in [-0.2, 0) is 0 Å². The van der Waals surface area contributed by atoms with Gasteiger partial charge in [0.25, 0.3) is 0 Å². The van der Waals surface area contributed by atoms with Gasteiger partial charge in [0.1, 0.15) is 0 Å². The highest BCUT2D eigenvalue weighted by Crippen LogP contribution is 2.52. The van der Waals surface area contributed by atoms with Crippen LogP contribution in [0.3, 0.4) is 0 Å². The third kappa shape index (κ3) is 2.57. The van der Waals surface area contributed by atoms with Gasteiger partial charge < -0.3 is 0 Å². The van der Waals surface area contributed by atoms with Gasteiger partial charge in [-0.2, -0.15) is 0 Å². The fraction of sp³-hybridized carbons (Fsp3) is 0.933. The molecule has 0 N–H and O–H groups in total. The first-order valence-electron chi connectivity index (χ1n) is 6.89. The van der Waals surface area contributed by atoms with Crippen molar-refractivity contribution < 1.29 is 0 Å². The molecule has 0 aliphatic heterocycles. The van der Waals surface area contributed by atoms with Crippen molar-refractivity contribution in [2.24, 2.45) is 17.3 Å². The van der Waals surface area contributed by atoms with Gasteiger partial charge in [-0.05, 0) is 55.3 Å². The Balaban J connectivity index is 1.95.